The predicted molar refractivity (Wildman–Crippen MR) is 81.8 cm³/mol. The number of hydrogen-bond acceptors (Lipinski definition) is 5. The molecule has 2 N–H and O–H groups in total. The molecule has 0 saturated heterocycles. The summed E-state index contributed by atoms with van der Waals surface area (Å²) in [6.07, 6.45) is 2.91. The average Bonchev–Trinajstić information content (AvgIpc) is 2.49. The van der Waals surface area contributed by atoms with Crippen molar-refractivity contribution in [1.82, 2.24) is 14.7 Å². The van der Waals surface area contributed by atoms with Crippen LogP contribution in [0.1, 0.15) is 18.5 Å². The summed E-state index contributed by atoms with van der Waals surface area (Å²) in [7, 11) is -2.04. The maximum Gasteiger partial charge on any atom is 0.240 e. The second-order valence-electron chi connectivity index (χ2n) is 4.36. The Hall–Kier alpha value is -1.70. The van der Waals surface area contributed by atoms with Gasteiger partial charge in [0.2, 0.25) is 10.0 Å². The SMILES string of the molecule is CNS(=O)(=O)c1ccc(C(C)Nc2ncncc2Cl)cc1. The normalized spacial score (nSPS) is 12.9. The maximum absolute atomic E-state index is 11.7. The van der Waals surface area contributed by atoms with E-state index in [-0.39, 0.29) is 10.9 Å². The van der Waals surface area contributed by atoms with Crippen LogP contribution in [0.5, 0.6) is 0 Å². The number of halogens is 1. The molecule has 0 fully saturated rings. The van der Waals surface area contributed by atoms with Crippen molar-refractivity contribution in [2.24, 2.45) is 0 Å². The van der Waals surface area contributed by atoms with Crippen LogP contribution in [0, 0.1) is 0 Å². The molecule has 0 saturated carbocycles. The lowest BCUT2D eigenvalue weighted by Crippen LogP contribution is -2.18. The summed E-state index contributed by atoms with van der Waals surface area (Å²) < 4.78 is 25.6. The summed E-state index contributed by atoms with van der Waals surface area (Å²) in [5, 5.41) is 3.58. The highest BCUT2D eigenvalue weighted by Crippen LogP contribution is 2.23. The zero-order chi connectivity index (χ0) is 15.5. The van der Waals surface area contributed by atoms with Crippen molar-refractivity contribution in [3.8, 4) is 0 Å². The smallest absolute Gasteiger partial charge is 0.240 e. The molecule has 1 aromatic carbocycles. The van der Waals surface area contributed by atoms with Crippen molar-refractivity contribution in [2.45, 2.75) is 17.9 Å². The maximum atomic E-state index is 11.7. The summed E-state index contributed by atoms with van der Waals surface area (Å²) >= 11 is 5.98. The zero-order valence-corrected chi connectivity index (χ0v) is 13.1. The van der Waals surface area contributed by atoms with Crippen LogP contribution in [-0.4, -0.2) is 25.4 Å². The Morgan fingerprint density at radius 2 is 1.90 bits per heavy atom. The van der Waals surface area contributed by atoms with E-state index in [9.17, 15) is 8.42 Å². The molecule has 0 spiro atoms. The molecule has 0 radical (unpaired) electrons. The molecule has 1 atom stereocenters. The monoisotopic (exact) mass is 326 g/mol. The summed E-state index contributed by atoms with van der Waals surface area (Å²) in [6, 6.07) is 6.53. The van der Waals surface area contributed by atoms with E-state index >= 15 is 0 Å². The highest BCUT2D eigenvalue weighted by Gasteiger charge is 2.13. The van der Waals surface area contributed by atoms with Crippen LogP contribution < -0.4 is 10.0 Å². The van der Waals surface area contributed by atoms with Crippen molar-refractivity contribution in [3.63, 3.8) is 0 Å². The fourth-order valence-corrected chi connectivity index (χ4v) is 2.65. The Kier molecular flexibility index (Phi) is 4.76. The van der Waals surface area contributed by atoms with E-state index in [0.717, 1.165) is 5.56 Å². The van der Waals surface area contributed by atoms with Crippen LogP contribution in [-0.2, 0) is 10.0 Å². The van der Waals surface area contributed by atoms with Crippen LogP contribution >= 0.6 is 11.6 Å². The van der Waals surface area contributed by atoms with Gasteiger partial charge in [0, 0.05) is 6.04 Å². The molecule has 0 aliphatic heterocycles. The zero-order valence-electron chi connectivity index (χ0n) is 11.5. The lowest BCUT2D eigenvalue weighted by Gasteiger charge is -2.16. The molecule has 0 amide bonds. The second-order valence-corrected chi connectivity index (χ2v) is 6.66. The van der Waals surface area contributed by atoms with Gasteiger partial charge < -0.3 is 5.32 Å². The number of hydrogen-bond donors (Lipinski definition) is 2. The number of sulfonamides is 1. The fraction of sp³-hybridized carbons (Fsp3) is 0.231. The quantitative estimate of drug-likeness (QED) is 0.880. The van der Waals surface area contributed by atoms with E-state index in [1.165, 1.54) is 19.6 Å². The summed E-state index contributed by atoms with van der Waals surface area (Å²) in [4.78, 5) is 8.09. The van der Waals surface area contributed by atoms with Gasteiger partial charge in [-0.05, 0) is 31.7 Å². The van der Waals surface area contributed by atoms with Gasteiger partial charge in [0.05, 0.1) is 11.1 Å². The Balaban J connectivity index is 2.17. The number of anilines is 1. The van der Waals surface area contributed by atoms with E-state index < -0.39 is 10.0 Å². The molecule has 2 rings (SSSR count). The molecular weight excluding hydrogens is 312 g/mol. The lowest BCUT2D eigenvalue weighted by atomic mass is 10.1. The molecule has 1 unspecified atom stereocenters. The molecule has 8 heteroatoms. The second kappa shape index (κ2) is 6.38. The Labute approximate surface area is 128 Å². The highest BCUT2D eigenvalue weighted by atomic mass is 35.5. The van der Waals surface area contributed by atoms with Crippen molar-refractivity contribution >= 4 is 27.4 Å². The molecule has 6 nitrogen and oxygen atoms in total. The van der Waals surface area contributed by atoms with Gasteiger partial charge in [-0.1, -0.05) is 23.7 Å². The summed E-state index contributed by atoms with van der Waals surface area (Å²) in [6.45, 7) is 1.93. The third-order valence-corrected chi connectivity index (χ3v) is 4.69. The molecule has 1 aromatic heterocycles. The standard InChI is InChI=1S/C13H15ClN4O2S/c1-9(18-13-12(14)7-16-8-17-13)10-3-5-11(6-4-10)21(19,20)15-2/h3-9,15H,1-2H3,(H,16,17,18). The van der Waals surface area contributed by atoms with Gasteiger partial charge in [-0.3, -0.25) is 0 Å². The average molecular weight is 327 g/mol. The Morgan fingerprint density at radius 1 is 1.24 bits per heavy atom. The van der Waals surface area contributed by atoms with Gasteiger partial charge in [0.25, 0.3) is 0 Å². The van der Waals surface area contributed by atoms with Crippen molar-refractivity contribution in [3.05, 3.63) is 47.4 Å². The van der Waals surface area contributed by atoms with Crippen molar-refractivity contribution in [1.29, 1.82) is 0 Å². The third kappa shape index (κ3) is 3.69. The molecule has 0 aliphatic carbocycles. The van der Waals surface area contributed by atoms with Crippen LogP contribution in [0.25, 0.3) is 0 Å². The van der Waals surface area contributed by atoms with E-state index in [4.69, 9.17) is 11.6 Å². The first kappa shape index (κ1) is 15.7. The number of rotatable bonds is 5. The minimum atomic E-state index is -3.42. The minimum Gasteiger partial charge on any atom is -0.362 e. The molecule has 112 valence electrons. The number of benzene rings is 1. The van der Waals surface area contributed by atoms with E-state index in [1.54, 1.807) is 24.3 Å². The Bertz CT molecular complexity index is 719. The predicted octanol–water partition coefficient (Wildman–Crippen LogP) is 2.21. The van der Waals surface area contributed by atoms with Gasteiger partial charge >= 0.3 is 0 Å². The third-order valence-electron chi connectivity index (χ3n) is 2.98. The highest BCUT2D eigenvalue weighted by molar-refractivity contribution is 7.89. The summed E-state index contributed by atoms with van der Waals surface area (Å²) in [5.41, 5.74) is 0.916. The fourth-order valence-electron chi connectivity index (χ4n) is 1.76. The van der Waals surface area contributed by atoms with Crippen LogP contribution in [0.15, 0.2) is 41.7 Å². The first-order valence-corrected chi connectivity index (χ1v) is 8.05. The van der Waals surface area contributed by atoms with E-state index in [1.807, 2.05) is 6.92 Å². The first-order valence-electron chi connectivity index (χ1n) is 6.19. The van der Waals surface area contributed by atoms with Gasteiger partial charge in [0.15, 0.2) is 0 Å². The topological polar surface area (TPSA) is 84.0 Å². The minimum absolute atomic E-state index is 0.0799. The molecule has 21 heavy (non-hydrogen) atoms. The van der Waals surface area contributed by atoms with E-state index in [0.29, 0.717) is 10.8 Å². The molecular formula is C13H15ClN4O2S. The molecule has 2 aromatic rings. The van der Waals surface area contributed by atoms with Crippen LogP contribution in [0.3, 0.4) is 0 Å². The van der Waals surface area contributed by atoms with Gasteiger partial charge in [-0.25, -0.2) is 23.1 Å². The van der Waals surface area contributed by atoms with E-state index in [2.05, 4.69) is 20.0 Å². The number of aromatic nitrogens is 2. The molecule has 1 heterocycles. The molecule has 0 bridgehead atoms. The van der Waals surface area contributed by atoms with Crippen molar-refractivity contribution in [2.75, 3.05) is 12.4 Å². The van der Waals surface area contributed by atoms with Crippen molar-refractivity contribution < 1.29 is 8.42 Å². The van der Waals surface area contributed by atoms with Gasteiger partial charge in [-0.2, -0.15) is 0 Å². The summed E-state index contributed by atoms with van der Waals surface area (Å²) in [5.74, 6) is 0.533. The lowest BCUT2D eigenvalue weighted by molar-refractivity contribution is 0.588. The molecule has 0 aliphatic rings. The number of nitrogens with zero attached hydrogens (tertiary/aromatic N) is 2. The Morgan fingerprint density at radius 3 is 2.48 bits per heavy atom. The van der Waals surface area contributed by atoms with Gasteiger partial charge in [-0.15, -0.1) is 0 Å². The van der Waals surface area contributed by atoms with Gasteiger partial charge in [0.1, 0.15) is 17.2 Å². The number of nitrogens with one attached hydrogen (secondary N) is 2. The van der Waals surface area contributed by atoms with Crippen LogP contribution in [0.2, 0.25) is 5.02 Å². The van der Waals surface area contributed by atoms with Crippen LogP contribution in [0.4, 0.5) is 5.82 Å². The largest absolute Gasteiger partial charge is 0.362 e. The first-order chi connectivity index (χ1) is 9.94.